The average molecular weight is 394 g/mol. The van der Waals surface area contributed by atoms with Crippen molar-refractivity contribution in [2.75, 3.05) is 31.5 Å². The third kappa shape index (κ3) is 4.93. The van der Waals surface area contributed by atoms with Crippen molar-refractivity contribution in [3.05, 3.63) is 47.9 Å². The van der Waals surface area contributed by atoms with E-state index < -0.39 is 0 Å². The molecule has 0 radical (unpaired) electrons. The second-order valence-corrected chi connectivity index (χ2v) is 8.45. The predicted molar refractivity (Wildman–Crippen MR) is 115 cm³/mol. The summed E-state index contributed by atoms with van der Waals surface area (Å²) in [6, 6.07) is 10.2. The van der Waals surface area contributed by atoms with Gasteiger partial charge in [-0.1, -0.05) is 13.0 Å². The molecule has 29 heavy (non-hydrogen) atoms. The van der Waals surface area contributed by atoms with Gasteiger partial charge in [0.2, 0.25) is 5.91 Å². The molecule has 0 saturated carbocycles. The lowest BCUT2D eigenvalue weighted by Crippen LogP contribution is -2.43. The second-order valence-electron chi connectivity index (χ2n) is 8.45. The third-order valence-corrected chi connectivity index (χ3v) is 6.09. The van der Waals surface area contributed by atoms with Crippen LogP contribution in [0.25, 0.3) is 0 Å². The van der Waals surface area contributed by atoms with Gasteiger partial charge in [-0.25, -0.2) is 4.98 Å². The summed E-state index contributed by atoms with van der Waals surface area (Å²) in [7, 11) is 0. The minimum atomic E-state index is 0.201. The first kappa shape index (κ1) is 19.8. The molecule has 2 fully saturated rings. The van der Waals surface area contributed by atoms with Gasteiger partial charge in [0, 0.05) is 30.7 Å². The van der Waals surface area contributed by atoms with Crippen LogP contribution in [-0.4, -0.2) is 51.9 Å². The smallest absolute Gasteiger partial charge is 0.236 e. The molecule has 4 heterocycles. The molecule has 2 aromatic heterocycles. The SMILES string of the molecule is Cc1cc(Nc2ccccn2)cc([C@@H]2CCCN2CC(=O)N2CCC(C)CC2)n1. The molecular formula is C23H31N5O. The van der Waals surface area contributed by atoms with Crippen molar-refractivity contribution in [2.45, 2.75) is 45.6 Å². The summed E-state index contributed by atoms with van der Waals surface area (Å²) >= 11 is 0. The molecule has 0 unspecified atom stereocenters. The number of carbonyl (C=O) groups is 1. The fourth-order valence-electron chi connectivity index (χ4n) is 4.40. The minimum Gasteiger partial charge on any atom is -0.342 e. The summed E-state index contributed by atoms with van der Waals surface area (Å²) in [5.74, 6) is 1.82. The lowest BCUT2D eigenvalue weighted by Gasteiger charge is -2.33. The molecule has 2 aromatic rings. The Morgan fingerprint density at radius 2 is 2.00 bits per heavy atom. The summed E-state index contributed by atoms with van der Waals surface area (Å²) in [6.45, 7) is 7.56. The van der Waals surface area contributed by atoms with E-state index in [9.17, 15) is 4.79 Å². The molecule has 6 heteroatoms. The van der Waals surface area contributed by atoms with Crippen LogP contribution in [0.2, 0.25) is 0 Å². The highest BCUT2D eigenvalue weighted by Gasteiger charge is 2.31. The van der Waals surface area contributed by atoms with Crippen LogP contribution in [0.3, 0.4) is 0 Å². The lowest BCUT2D eigenvalue weighted by atomic mass is 9.99. The first-order valence-corrected chi connectivity index (χ1v) is 10.8. The van der Waals surface area contributed by atoms with Gasteiger partial charge in [0.15, 0.2) is 0 Å². The Bertz CT molecular complexity index is 832. The third-order valence-electron chi connectivity index (χ3n) is 6.09. The molecule has 2 saturated heterocycles. The van der Waals surface area contributed by atoms with Crippen LogP contribution in [0, 0.1) is 12.8 Å². The van der Waals surface area contributed by atoms with E-state index in [0.717, 1.165) is 74.1 Å². The number of likely N-dealkylation sites (tertiary alicyclic amines) is 2. The average Bonchev–Trinajstić information content (AvgIpc) is 3.17. The Morgan fingerprint density at radius 3 is 2.76 bits per heavy atom. The molecule has 4 rings (SSSR count). The summed E-state index contributed by atoms with van der Waals surface area (Å²) in [4.78, 5) is 26.4. The zero-order chi connectivity index (χ0) is 20.2. The van der Waals surface area contributed by atoms with E-state index in [1.165, 1.54) is 0 Å². The van der Waals surface area contributed by atoms with Crippen LogP contribution < -0.4 is 5.32 Å². The van der Waals surface area contributed by atoms with Gasteiger partial charge in [-0.3, -0.25) is 14.7 Å². The van der Waals surface area contributed by atoms with E-state index in [2.05, 4.69) is 28.2 Å². The Kier molecular flexibility index (Phi) is 6.09. The largest absolute Gasteiger partial charge is 0.342 e. The van der Waals surface area contributed by atoms with E-state index in [1.807, 2.05) is 36.1 Å². The molecule has 0 aromatic carbocycles. The van der Waals surface area contributed by atoms with E-state index in [0.29, 0.717) is 6.54 Å². The molecular weight excluding hydrogens is 362 g/mol. The van der Waals surface area contributed by atoms with Crippen molar-refractivity contribution >= 4 is 17.4 Å². The number of piperidine rings is 1. The van der Waals surface area contributed by atoms with E-state index in [4.69, 9.17) is 4.98 Å². The molecule has 0 aliphatic carbocycles. The maximum Gasteiger partial charge on any atom is 0.236 e. The topological polar surface area (TPSA) is 61.4 Å². The summed E-state index contributed by atoms with van der Waals surface area (Å²) < 4.78 is 0. The van der Waals surface area contributed by atoms with Gasteiger partial charge in [0.1, 0.15) is 5.82 Å². The quantitative estimate of drug-likeness (QED) is 0.834. The van der Waals surface area contributed by atoms with Crippen molar-refractivity contribution in [1.29, 1.82) is 0 Å². The monoisotopic (exact) mass is 393 g/mol. The Balaban J connectivity index is 1.46. The highest BCUT2D eigenvalue weighted by Crippen LogP contribution is 2.32. The molecule has 2 aliphatic heterocycles. The van der Waals surface area contributed by atoms with Crippen LogP contribution >= 0.6 is 0 Å². The summed E-state index contributed by atoms with van der Waals surface area (Å²) in [5.41, 5.74) is 3.01. The maximum absolute atomic E-state index is 12.9. The zero-order valence-corrected chi connectivity index (χ0v) is 17.5. The highest BCUT2D eigenvalue weighted by atomic mass is 16.2. The van der Waals surface area contributed by atoms with Crippen LogP contribution in [0.15, 0.2) is 36.5 Å². The summed E-state index contributed by atoms with van der Waals surface area (Å²) in [6.07, 6.45) is 6.18. The number of anilines is 2. The maximum atomic E-state index is 12.9. The number of rotatable bonds is 5. The molecule has 1 amide bonds. The first-order chi connectivity index (χ1) is 14.1. The van der Waals surface area contributed by atoms with E-state index >= 15 is 0 Å². The molecule has 154 valence electrons. The number of hydrogen-bond donors (Lipinski definition) is 1. The number of aryl methyl sites for hydroxylation is 1. The number of carbonyl (C=O) groups excluding carboxylic acids is 1. The molecule has 2 aliphatic rings. The van der Waals surface area contributed by atoms with Crippen LogP contribution in [0.1, 0.15) is 50.0 Å². The van der Waals surface area contributed by atoms with Gasteiger partial charge in [-0.2, -0.15) is 0 Å². The standard InChI is InChI=1S/C23H31N5O/c1-17-8-12-27(13-9-17)23(29)16-28-11-5-6-21(28)20-15-19(14-18(2)25-20)26-22-7-3-4-10-24-22/h3-4,7,10,14-15,17,21H,5-6,8-9,11-13,16H2,1-2H3,(H,24,25,26)/t21-/m0/s1. The fraction of sp³-hybridized carbons (Fsp3) is 0.522. The summed E-state index contributed by atoms with van der Waals surface area (Å²) in [5, 5.41) is 3.38. The Labute approximate surface area is 173 Å². The van der Waals surface area contributed by atoms with Gasteiger partial charge in [0.05, 0.1) is 18.3 Å². The van der Waals surface area contributed by atoms with Crippen LogP contribution in [0.4, 0.5) is 11.5 Å². The second kappa shape index (κ2) is 8.91. The number of nitrogens with one attached hydrogen (secondary N) is 1. The zero-order valence-electron chi connectivity index (χ0n) is 17.5. The van der Waals surface area contributed by atoms with Crippen molar-refractivity contribution < 1.29 is 4.79 Å². The Morgan fingerprint density at radius 1 is 1.17 bits per heavy atom. The normalized spacial score (nSPS) is 20.8. The van der Waals surface area contributed by atoms with E-state index in [-0.39, 0.29) is 11.9 Å². The lowest BCUT2D eigenvalue weighted by molar-refractivity contribution is -0.134. The van der Waals surface area contributed by atoms with Gasteiger partial charge in [0.25, 0.3) is 0 Å². The Hall–Kier alpha value is -2.47. The minimum absolute atomic E-state index is 0.201. The van der Waals surface area contributed by atoms with Gasteiger partial charge in [-0.05, 0) is 69.3 Å². The number of hydrogen-bond acceptors (Lipinski definition) is 5. The number of pyridine rings is 2. The van der Waals surface area contributed by atoms with Crippen molar-refractivity contribution in [1.82, 2.24) is 19.8 Å². The van der Waals surface area contributed by atoms with Gasteiger partial charge < -0.3 is 10.2 Å². The number of nitrogens with zero attached hydrogens (tertiary/aromatic N) is 4. The molecule has 1 atom stereocenters. The van der Waals surface area contributed by atoms with Crippen molar-refractivity contribution in [2.24, 2.45) is 5.92 Å². The van der Waals surface area contributed by atoms with E-state index in [1.54, 1.807) is 6.20 Å². The van der Waals surface area contributed by atoms with Gasteiger partial charge >= 0.3 is 0 Å². The number of aromatic nitrogens is 2. The van der Waals surface area contributed by atoms with Gasteiger partial charge in [-0.15, -0.1) is 0 Å². The first-order valence-electron chi connectivity index (χ1n) is 10.8. The molecule has 1 N–H and O–H groups in total. The highest BCUT2D eigenvalue weighted by molar-refractivity contribution is 5.78. The molecule has 6 nitrogen and oxygen atoms in total. The van der Waals surface area contributed by atoms with Crippen LogP contribution in [-0.2, 0) is 4.79 Å². The fourth-order valence-corrected chi connectivity index (χ4v) is 4.40. The van der Waals surface area contributed by atoms with Crippen molar-refractivity contribution in [3.63, 3.8) is 0 Å². The predicted octanol–water partition coefficient (Wildman–Crippen LogP) is 3.92. The van der Waals surface area contributed by atoms with Crippen molar-refractivity contribution in [3.8, 4) is 0 Å². The number of amides is 1. The van der Waals surface area contributed by atoms with Crippen LogP contribution in [0.5, 0.6) is 0 Å². The molecule has 0 spiro atoms. The molecule has 0 bridgehead atoms.